The van der Waals surface area contributed by atoms with Crippen molar-refractivity contribution < 1.29 is 19.2 Å². The Labute approximate surface area is 146 Å². The molecule has 1 aromatic carbocycles. The molecule has 2 aliphatic rings. The average molecular weight is 346 g/mol. The zero-order chi connectivity index (χ0) is 18.0. The number of nitro benzene ring substituents is 1. The third-order valence-corrected chi connectivity index (χ3v) is 5.13. The second-order valence-corrected chi connectivity index (χ2v) is 6.72. The maximum absolute atomic E-state index is 12.8. The summed E-state index contributed by atoms with van der Waals surface area (Å²) in [6, 6.07) is 5.67. The summed E-state index contributed by atoms with van der Waals surface area (Å²) < 4.78 is 5.67. The first-order valence-corrected chi connectivity index (χ1v) is 8.71. The number of rotatable bonds is 4. The molecule has 3 rings (SSSR count). The number of nitro groups is 1. The Balaban J connectivity index is 1.67. The summed E-state index contributed by atoms with van der Waals surface area (Å²) in [6.45, 7) is 2.13. The number of ketones is 1. The van der Waals surface area contributed by atoms with Crippen LogP contribution in [0.15, 0.2) is 24.3 Å². The summed E-state index contributed by atoms with van der Waals surface area (Å²) in [5.74, 6) is 0.540. The number of amides is 1. The van der Waals surface area contributed by atoms with Crippen LogP contribution in [0.3, 0.4) is 0 Å². The van der Waals surface area contributed by atoms with Gasteiger partial charge in [0, 0.05) is 37.1 Å². The fourth-order valence-electron chi connectivity index (χ4n) is 3.85. The zero-order valence-electron chi connectivity index (χ0n) is 14.2. The van der Waals surface area contributed by atoms with Gasteiger partial charge in [0.05, 0.1) is 4.92 Å². The van der Waals surface area contributed by atoms with E-state index in [1.807, 2.05) is 0 Å². The predicted molar refractivity (Wildman–Crippen MR) is 90.3 cm³/mol. The number of nitrogens with zero attached hydrogens (tertiary/aromatic N) is 2. The number of hydrogen-bond donors (Lipinski definition) is 0. The molecule has 0 bridgehead atoms. The van der Waals surface area contributed by atoms with Gasteiger partial charge in [-0.15, -0.1) is 0 Å². The highest BCUT2D eigenvalue weighted by molar-refractivity contribution is 5.87. The van der Waals surface area contributed by atoms with E-state index in [4.69, 9.17) is 4.74 Å². The van der Waals surface area contributed by atoms with Crippen LogP contribution in [0, 0.1) is 16.0 Å². The monoisotopic (exact) mass is 346 g/mol. The maximum atomic E-state index is 12.8. The van der Waals surface area contributed by atoms with Crippen molar-refractivity contribution in [1.82, 2.24) is 4.90 Å². The smallest absolute Gasteiger partial charge is 0.269 e. The fraction of sp³-hybridized carbons (Fsp3) is 0.556. The molecule has 0 N–H and O–H groups in total. The lowest BCUT2D eigenvalue weighted by Crippen LogP contribution is -2.56. The van der Waals surface area contributed by atoms with Crippen LogP contribution in [-0.4, -0.2) is 40.2 Å². The quantitative estimate of drug-likeness (QED) is 0.618. The van der Waals surface area contributed by atoms with Gasteiger partial charge in [0.2, 0.25) is 0 Å². The number of piperidine rings is 1. The lowest BCUT2D eigenvalue weighted by Gasteiger charge is -2.43. The van der Waals surface area contributed by atoms with E-state index in [2.05, 4.69) is 0 Å². The Kier molecular flexibility index (Phi) is 5.01. The minimum absolute atomic E-state index is 0.00888. The number of hydrogen-bond acceptors (Lipinski definition) is 5. The molecule has 1 aliphatic heterocycles. The van der Waals surface area contributed by atoms with E-state index in [0.29, 0.717) is 18.7 Å². The minimum Gasteiger partial charge on any atom is -0.481 e. The molecule has 134 valence electrons. The van der Waals surface area contributed by atoms with Crippen molar-refractivity contribution in [2.24, 2.45) is 5.92 Å². The largest absolute Gasteiger partial charge is 0.481 e. The molecule has 0 radical (unpaired) electrons. The van der Waals surface area contributed by atoms with Gasteiger partial charge in [-0.05, 0) is 31.9 Å². The van der Waals surface area contributed by atoms with Gasteiger partial charge in [0.25, 0.3) is 11.6 Å². The molecule has 1 saturated carbocycles. The molecule has 0 unspecified atom stereocenters. The summed E-state index contributed by atoms with van der Waals surface area (Å²) in [5, 5.41) is 10.7. The average Bonchev–Trinajstić information content (AvgIpc) is 2.62. The lowest BCUT2D eigenvalue weighted by atomic mass is 9.77. The zero-order valence-corrected chi connectivity index (χ0v) is 14.2. The molecule has 1 saturated heterocycles. The van der Waals surface area contributed by atoms with Gasteiger partial charge in [-0.3, -0.25) is 19.7 Å². The summed E-state index contributed by atoms with van der Waals surface area (Å²) in [7, 11) is 0. The van der Waals surface area contributed by atoms with E-state index in [-0.39, 0.29) is 29.3 Å². The van der Waals surface area contributed by atoms with Crippen molar-refractivity contribution >= 4 is 17.4 Å². The highest BCUT2D eigenvalue weighted by atomic mass is 16.6. The molecule has 1 aromatic rings. The molecule has 0 spiro atoms. The number of ether oxygens (including phenoxy) is 1. The Morgan fingerprint density at radius 1 is 1.28 bits per heavy atom. The standard InChI is InChI=1S/C18H22N2O5/c1-12(25-14-8-6-13(7-9-14)20(23)24)18(22)19-11-10-17(21)15-4-2-3-5-16(15)19/h6-9,12,15-16H,2-5,10-11H2,1H3/t12-,15+,16+/m0/s1. The number of fused-ring (bicyclic) bond motifs is 1. The second kappa shape index (κ2) is 7.21. The lowest BCUT2D eigenvalue weighted by molar-refractivity contribution is -0.384. The van der Waals surface area contributed by atoms with E-state index < -0.39 is 11.0 Å². The molecule has 1 amide bonds. The first-order chi connectivity index (χ1) is 12.0. The molecule has 3 atom stereocenters. The Hall–Kier alpha value is -2.44. The first kappa shape index (κ1) is 17.4. The predicted octanol–water partition coefficient (Wildman–Crippen LogP) is 2.72. The molecule has 7 nitrogen and oxygen atoms in total. The first-order valence-electron chi connectivity index (χ1n) is 8.71. The van der Waals surface area contributed by atoms with E-state index in [0.717, 1.165) is 25.7 Å². The SMILES string of the molecule is C[C@H](Oc1ccc([N+](=O)[O-])cc1)C(=O)N1CCC(=O)[C@@H]2CCCC[C@H]21. The number of carbonyl (C=O) groups is 2. The van der Waals surface area contributed by atoms with Gasteiger partial charge < -0.3 is 9.64 Å². The van der Waals surface area contributed by atoms with Crippen LogP contribution in [0.5, 0.6) is 5.75 Å². The third-order valence-electron chi connectivity index (χ3n) is 5.13. The van der Waals surface area contributed by atoms with Gasteiger partial charge in [-0.1, -0.05) is 12.8 Å². The van der Waals surface area contributed by atoms with Crippen LogP contribution < -0.4 is 4.74 Å². The molecule has 25 heavy (non-hydrogen) atoms. The maximum Gasteiger partial charge on any atom is 0.269 e. The number of Topliss-reactive ketones (excluding diaryl/α,β-unsaturated/α-hetero) is 1. The van der Waals surface area contributed by atoms with Gasteiger partial charge in [0.15, 0.2) is 6.10 Å². The Morgan fingerprint density at radius 3 is 2.64 bits per heavy atom. The minimum atomic E-state index is -0.697. The normalized spacial score (nSPS) is 24.4. The molecule has 0 aromatic heterocycles. The van der Waals surface area contributed by atoms with Gasteiger partial charge in [-0.2, -0.15) is 0 Å². The van der Waals surface area contributed by atoms with E-state index in [1.165, 1.54) is 24.3 Å². The number of likely N-dealkylation sites (tertiary alicyclic amines) is 1. The highest BCUT2D eigenvalue weighted by Crippen LogP contribution is 2.34. The van der Waals surface area contributed by atoms with Gasteiger partial charge >= 0.3 is 0 Å². The summed E-state index contributed by atoms with van der Waals surface area (Å²) in [6.07, 6.45) is 3.53. The summed E-state index contributed by atoms with van der Waals surface area (Å²) in [4.78, 5) is 37.0. The molecule has 1 heterocycles. The van der Waals surface area contributed by atoms with Crippen molar-refractivity contribution in [3.63, 3.8) is 0 Å². The van der Waals surface area contributed by atoms with Crippen molar-refractivity contribution in [1.29, 1.82) is 0 Å². The van der Waals surface area contributed by atoms with Gasteiger partial charge in [-0.25, -0.2) is 0 Å². The van der Waals surface area contributed by atoms with Gasteiger partial charge in [0.1, 0.15) is 11.5 Å². The second-order valence-electron chi connectivity index (χ2n) is 6.72. The number of carbonyl (C=O) groups excluding carboxylic acids is 2. The molecule has 7 heteroatoms. The Morgan fingerprint density at radius 2 is 1.96 bits per heavy atom. The van der Waals surface area contributed by atoms with Crippen LogP contribution in [-0.2, 0) is 9.59 Å². The van der Waals surface area contributed by atoms with E-state index in [1.54, 1.807) is 11.8 Å². The third kappa shape index (κ3) is 3.65. The van der Waals surface area contributed by atoms with Crippen molar-refractivity contribution in [2.45, 2.75) is 51.2 Å². The Bertz CT molecular complexity index is 673. The van der Waals surface area contributed by atoms with Crippen molar-refractivity contribution in [3.8, 4) is 5.75 Å². The topological polar surface area (TPSA) is 89.8 Å². The molecule has 1 aliphatic carbocycles. The molecular formula is C18H22N2O5. The van der Waals surface area contributed by atoms with E-state index in [9.17, 15) is 19.7 Å². The summed E-state index contributed by atoms with van der Waals surface area (Å²) in [5.41, 5.74) is -0.0223. The van der Waals surface area contributed by atoms with Crippen LogP contribution in [0.4, 0.5) is 5.69 Å². The molecular weight excluding hydrogens is 324 g/mol. The van der Waals surface area contributed by atoms with Crippen molar-refractivity contribution in [3.05, 3.63) is 34.4 Å². The van der Waals surface area contributed by atoms with Crippen molar-refractivity contribution in [2.75, 3.05) is 6.54 Å². The van der Waals surface area contributed by atoms with E-state index >= 15 is 0 Å². The van der Waals surface area contributed by atoms with Crippen LogP contribution in [0.1, 0.15) is 39.0 Å². The fourth-order valence-corrected chi connectivity index (χ4v) is 3.85. The van der Waals surface area contributed by atoms with Crippen LogP contribution in [0.25, 0.3) is 0 Å². The summed E-state index contributed by atoms with van der Waals surface area (Å²) >= 11 is 0. The number of non-ortho nitro benzene ring substituents is 1. The molecule has 2 fully saturated rings. The van der Waals surface area contributed by atoms with Crippen LogP contribution in [0.2, 0.25) is 0 Å². The number of benzene rings is 1. The highest BCUT2D eigenvalue weighted by Gasteiger charge is 2.41. The van der Waals surface area contributed by atoms with Crippen LogP contribution >= 0.6 is 0 Å².